The van der Waals surface area contributed by atoms with Gasteiger partial charge in [0.15, 0.2) is 0 Å². The molecule has 0 bridgehead atoms. The first kappa shape index (κ1) is 11.4. The molecule has 1 heteroatoms. The van der Waals surface area contributed by atoms with Gasteiger partial charge in [0.05, 0.1) is 0 Å². The van der Waals surface area contributed by atoms with Gasteiger partial charge in [-0.2, -0.15) is 0 Å². The molecule has 0 aliphatic carbocycles. The zero-order valence-corrected chi connectivity index (χ0v) is 11.2. The van der Waals surface area contributed by atoms with Crippen molar-refractivity contribution in [2.24, 2.45) is 0 Å². The van der Waals surface area contributed by atoms with E-state index in [-0.39, 0.29) is 0 Å². The second kappa shape index (κ2) is 5.88. The molecule has 16 heavy (non-hydrogen) atoms. The predicted octanol–water partition coefficient (Wildman–Crippen LogP) is 3.40. The van der Waals surface area contributed by atoms with Crippen molar-refractivity contribution in [3.8, 4) is 0 Å². The molecule has 82 valence electrons. The van der Waals surface area contributed by atoms with Gasteiger partial charge in [-0.1, -0.05) is 0 Å². The first-order valence-electron chi connectivity index (χ1n) is 5.52. The fourth-order valence-corrected chi connectivity index (χ4v) is 3.56. The Morgan fingerprint density at radius 3 is 1.94 bits per heavy atom. The van der Waals surface area contributed by atoms with Crippen molar-refractivity contribution in [2.45, 2.75) is 17.6 Å². The van der Waals surface area contributed by atoms with E-state index in [1.54, 1.807) is 0 Å². The van der Waals surface area contributed by atoms with Crippen molar-refractivity contribution in [1.82, 2.24) is 0 Å². The van der Waals surface area contributed by atoms with E-state index in [1.165, 1.54) is 27.3 Å². The van der Waals surface area contributed by atoms with Crippen molar-refractivity contribution in [1.29, 1.82) is 0 Å². The number of aryl methyl sites for hydroxylation is 1. The third-order valence-corrected chi connectivity index (χ3v) is 4.76. The molecule has 0 saturated carbocycles. The predicted molar refractivity (Wildman–Crippen MR) is 70.8 cm³/mol. The Labute approximate surface area is 104 Å². The zero-order valence-electron chi connectivity index (χ0n) is 9.52. The molecule has 0 heterocycles. The van der Waals surface area contributed by atoms with Gasteiger partial charge in [-0.3, -0.25) is 0 Å². The van der Waals surface area contributed by atoms with Gasteiger partial charge in [0.2, 0.25) is 0 Å². The monoisotopic (exact) mass is 276 g/mol. The van der Waals surface area contributed by atoms with E-state index >= 15 is 0 Å². The van der Waals surface area contributed by atoms with Crippen LogP contribution < -0.4 is 0 Å². The molecule has 0 spiro atoms. The van der Waals surface area contributed by atoms with Gasteiger partial charge >= 0.3 is 104 Å². The maximum absolute atomic E-state index is 2.25. The van der Waals surface area contributed by atoms with Crippen molar-refractivity contribution in [3.05, 3.63) is 71.3 Å². The van der Waals surface area contributed by atoms with E-state index in [1.807, 2.05) is 0 Å². The molecule has 2 aromatic rings. The average molecular weight is 275 g/mol. The second-order valence-corrected chi connectivity index (χ2v) is 6.03. The van der Waals surface area contributed by atoms with Crippen LogP contribution in [-0.4, -0.2) is 15.0 Å². The molecule has 0 N–H and O–H groups in total. The molecular weight excluding hydrogens is 259 g/mol. The third kappa shape index (κ3) is 3.52. The van der Waals surface area contributed by atoms with Gasteiger partial charge in [0, 0.05) is 0 Å². The standard InChI is InChI=1S/C15H16Se/c1-13-7-9-15(10-8-13)12-16-11-14-5-3-2-4-6-14/h2-10H,11-12H2,1H3. The van der Waals surface area contributed by atoms with E-state index in [0.29, 0.717) is 15.0 Å². The molecule has 0 radical (unpaired) electrons. The number of hydrogen-bond acceptors (Lipinski definition) is 0. The SMILES string of the molecule is Cc1ccc(C[Se]Cc2ccccc2)cc1. The van der Waals surface area contributed by atoms with Crippen molar-refractivity contribution in [2.75, 3.05) is 0 Å². The molecule has 0 saturated heterocycles. The Balaban J connectivity index is 1.82. The Morgan fingerprint density at radius 1 is 0.750 bits per heavy atom. The molecule has 0 nitrogen and oxygen atoms in total. The van der Waals surface area contributed by atoms with Gasteiger partial charge < -0.3 is 0 Å². The molecule has 0 atom stereocenters. The van der Waals surface area contributed by atoms with Crippen molar-refractivity contribution < 1.29 is 0 Å². The quantitative estimate of drug-likeness (QED) is 0.750. The van der Waals surface area contributed by atoms with Crippen LogP contribution in [0.1, 0.15) is 16.7 Å². The fraction of sp³-hybridized carbons (Fsp3) is 0.200. The summed E-state index contributed by atoms with van der Waals surface area (Å²) >= 11 is 0.677. The normalized spacial score (nSPS) is 10.3. The molecule has 0 fully saturated rings. The van der Waals surface area contributed by atoms with Gasteiger partial charge in [0.1, 0.15) is 0 Å². The third-order valence-electron chi connectivity index (χ3n) is 2.50. The van der Waals surface area contributed by atoms with E-state index in [2.05, 4.69) is 61.5 Å². The molecule has 0 aliphatic rings. The Kier molecular flexibility index (Phi) is 4.21. The topological polar surface area (TPSA) is 0 Å². The van der Waals surface area contributed by atoms with Gasteiger partial charge in [0.25, 0.3) is 0 Å². The van der Waals surface area contributed by atoms with E-state index in [4.69, 9.17) is 0 Å². The van der Waals surface area contributed by atoms with Crippen LogP contribution in [0.15, 0.2) is 54.6 Å². The summed E-state index contributed by atoms with van der Waals surface area (Å²) in [6, 6.07) is 19.7. The molecular formula is C15H16Se. The molecule has 2 aromatic carbocycles. The second-order valence-electron chi connectivity index (χ2n) is 3.96. The summed E-state index contributed by atoms with van der Waals surface area (Å²) in [6.07, 6.45) is 0. The first-order chi connectivity index (χ1) is 7.84. The summed E-state index contributed by atoms with van der Waals surface area (Å²) in [6.45, 7) is 2.14. The Morgan fingerprint density at radius 2 is 1.31 bits per heavy atom. The van der Waals surface area contributed by atoms with Crippen molar-refractivity contribution >= 4 is 15.0 Å². The summed E-state index contributed by atoms with van der Waals surface area (Å²) in [4.78, 5) is 0. The number of rotatable bonds is 4. The zero-order chi connectivity index (χ0) is 11.2. The summed E-state index contributed by atoms with van der Waals surface area (Å²) in [5.41, 5.74) is 4.29. The van der Waals surface area contributed by atoms with Crippen LogP contribution in [0.4, 0.5) is 0 Å². The van der Waals surface area contributed by atoms with E-state index in [0.717, 1.165) is 0 Å². The fourth-order valence-electron chi connectivity index (χ4n) is 1.55. The van der Waals surface area contributed by atoms with Crippen LogP contribution in [0.25, 0.3) is 0 Å². The number of hydrogen-bond donors (Lipinski definition) is 0. The van der Waals surface area contributed by atoms with E-state index in [9.17, 15) is 0 Å². The molecule has 0 aromatic heterocycles. The van der Waals surface area contributed by atoms with E-state index < -0.39 is 0 Å². The van der Waals surface area contributed by atoms with Gasteiger partial charge in [-0.05, 0) is 0 Å². The maximum atomic E-state index is 2.25. The van der Waals surface area contributed by atoms with Crippen LogP contribution in [0.3, 0.4) is 0 Å². The van der Waals surface area contributed by atoms with Crippen molar-refractivity contribution in [3.63, 3.8) is 0 Å². The summed E-state index contributed by atoms with van der Waals surface area (Å²) in [5, 5.41) is 2.48. The van der Waals surface area contributed by atoms with Gasteiger partial charge in [-0.25, -0.2) is 0 Å². The van der Waals surface area contributed by atoms with Crippen LogP contribution in [-0.2, 0) is 10.6 Å². The molecule has 0 aliphatic heterocycles. The van der Waals surface area contributed by atoms with Crippen LogP contribution in [0.5, 0.6) is 0 Å². The number of benzene rings is 2. The van der Waals surface area contributed by atoms with Gasteiger partial charge in [-0.15, -0.1) is 0 Å². The summed E-state index contributed by atoms with van der Waals surface area (Å²) in [7, 11) is 0. The minimum atomic E-state index is 0.677. The minimum absolute atomic E-state index is 0.677. The van der Waals surface area contributed by atoms with Crippen LogP contribution in [0.2, 0.25) is 0 Å². The Hall–Kier alpha value is -1.04. The molecule has 2 rings (SSSR count). The molecule has 0 amide bonds. The van der Waals surface area contributed by atoms with Crippen LogP contribution in [0, 0.1) is 6.92 Å². The summed E-state index contributed by atoms with van der Waals surface area (Å²) < 4.78 is 0. The first-order valence-corrected chi connectivity index (χ1v) is 7.94. The average Bonchev–Trinajstić information content (AvgIpc) is 2.33. The molecule has 0 unspecified atom stereocenters. The summed E-state index contributed by atoms with van der Waals surface area (Å²) in [5.74, 6) is 0. The van der Waals surface area contributed by atoms with Crippen LogP contribution >= 0.6 is 0 Å². The Bertz CT molecular complexity index is 417.